The minimum atomic E-state index is -0.962. The van der Waals surface area contributed by atoms with E-state index in [9.17, 15) is 4.79 Å². The van der Waals surface area contributed by atoms with Crippen LogP contribution >= 0.6 is 0 Å². The Morgan fingerprint density at radius 3 is 1.95 bits per heavy atom. The van der Waals surface area contributed by atoms with E-state index in [4.69, 9.17) is 14.9 Å². The second-order valence-electron chi connectivity index (χ2n) is 5.83. The molecule has 0 aromatic heterocycles. The summed E-state index contributed by atoms with van der Waals surface area (Å²) in [5.74, 6) is -0.962. The highest BCUT2D eigenvalue weighted by Crippen LogP contribution is 2.11. The van der Waals surface area contributed by atoms with Crippen LogP contribution in [0.15, 0.2) is 11.8 Å². The highest BCUT2D eigenvalue weighted by molar-refractivity contribution is 5.86. The number of unbranched alkanes of at least 4 members (excludes halogenated alkanes) is 9. The van der Waals surface area contributed by atoms with Gasteiger partial charge in [-0.25, -0.2) is 4.79 Å². The quantitative estimate of drug-likeness (QED) is 0.247. The number of ether oxygens (including phenoxy) is 1. The molecule has 0 saturated carbocycles. The molecule has 0 amide bonds. The van der Waals surface area contributed by atoms with Gasteiger partial charge in [-0.3, -0.25) is 0 Å². The van der Waals surface area contributed by atoms with Gasteiger partial charge in [0, 0.05) is 6.61 Å². The van der Waals surface area contributed by atoms with Crippen molar-refractivity contribution in [1.82, 2.24) is 0 Å². The second-order valence-corrected chi connectivity index (χ2v) is 5.83. The van der Waals surface area contributed by atoms with Crippen molar-refractivity contribution in [1.29, 1.82) is 0 Å². The summed E-state index contributed by atoms with van der Waals surface area (Å²) in [5, 5.41) is 17.7. The minimum Gasteiger partial charge on any atom is -0.501 e. The van der Waals surface area contributed by atoms with E-state index >= 15 is 0 Å². The second kappa shape index (κ2) is 16.3. The van der Waals surface area contributed by atoms with E-state index in [-0.39, 0.29) is 12.2 Å². The molecule has 0 aromatic carbocycles. The van der Waals surface area contributed by atoms with Crippen molar-refractivity contribution in [2.45, 2.75) is 84.0 Å². The third-order valence-electron chi connectivity index (χ3n) is 3.72. The first-order valence-corrected chi connectivity index (χ1v) is 8.87. The number of carboxylic acid groups (broad SMARTS) is 1. The van der Waals surface area contributed by atoms with E-state index in [0.717, 1.165) is 12.8 Å². The smallest absolute Gasteiger partial charge is 0.334 e. The molecule has 0 fully saturated rings. The molecule has 0 radical (unpaired) electrons. The topological polar surface area (TPSA) is 66.8 Å². The molecule has 0 spiro atoms. The maximum atomic E-state index is 10.9. The molecule has 4 nitrogen and oxygen atoms in total. The molecular weight excluding hydrogens is 280 g/mol. The van der Waals surface area contributed by atoms with E-state index in [2.05, 4.69) is 6.92 Å². The number of carbonyl (C=O) groups is 1. The highest BCUT2D eigenvalue weighted by atomic mass is 16.5. The molecule has 22 heavy (non-hydrogen) atoms. The van der Waals surface area contributed by atoms with Crippen LogP contribution in [-0.2, 0) is 9.53 Å². The molecule has 0 aliphatic carbocycles. The van der Waals surface area contributed by atoms with Gasteiger partial charge in [-0.2, -0.15) is 0 Å². The number of aliphatic hydroxyl groups excluding tert-OH is 1. The maximum Gasteiger partial charge on any atom is 0.334 e. The lowest BCUT2D eigenvalue weighted by atomic mass is 10.1. The van der Waals surface area contributed by atoms with Gasteiger partial charge in [-0.05, 0) is 19.3 Å². The number of hydrogen-bond acceptors (Lipinski definition) is 3. The number of aliphatic carboxylic acids is 1. The summed E-state index contributed by atoms with van der Waals surface area (Å²) in [6.45, 7) is 2.82. The van der Waals surface area contributed by atoms with E-state index < -0.39 is 5.97 Å². The van der Waals surface area contributed by atoms with Crippen LogP contribution in [0.4, 0.5) is 0 Å². The lowest BCUT2D eigenvalue weighted by molar-refractivity contribution is -0.133. The van der Waals surface area contributed by atoms with Gasteiger partial charge in [-0.1, -0.05) is 64.7 Å². The number of hydrogen-bond donors (Lipinski definition) is 2. The van der Waals surface area contributed by atoms with Gasteiger partial charge in [0.05, 0.1) is 18.4 Å². The third kappa shape index (κ3) is 13.9. The van der Waals surface area contributed by atoms with E-state index in [0.29, 0.717) is 19.4 Å². The zero-order valence-corrected chi connectivity index (χ0v) is 14.2. The Morgan fingerprint density at radius 1 is 0.909 bits per heavy atom. The molecule has 0 saturated heterocycles. The van der Waals surface area contributed by atoms with E-state index in [1.165, 1.54) is 57.6 Å². The largest absolute Gasteiger partial charge is 0.501 e. The molecule has 0 atom stereocenters. The van der Waals surface area contributed by atoms with Crippen molar-refractivity contribution < 1.29 is 19.7 Å². The van der Waals surface area contributed by atoms with Crippen molar-refractivity contribution >= 4 is 5.97 Å². The van der Waals surface area contributed by atoms with Gasteiger partial charge in [0.25, 0.3) is 0 Å². The summed E-state index contributed by atoms with van der Waals surface area (Å²) in [4.78, 5) is 10.9. The van der Waals surface area contributed by atoms with E-state index in [1.807, 2.05) is 0 Å². The predicted octanol–water partition coefficient (Wildman–Crippen LogP) is 4.66. The fraction of sp³-hybridized carbons (Fsp3) is 0.833. The van der Waals surface area contributed by atoms with Crippen molar-refractivity contribution in [2.24, 2.45) is 0 Å². The van der Waals surface area contributed by atoms with Crippen LogP contribution in [0, 0.1) is 0 Å². The van der Waals surface area contributed by atoms with Gasteiger partial charge in [-0.15, -0.1) is 0 Å². The fourth-order valence-electron chi connectivity index (χ4n) is 2.32. The highest BCUT2D eigenvalue weighted by Gasteiger charge is 2.06. The summed E-state index contributed by atoms with van der Waals surface area (Å²) in [6, 6.07) is 0. The fourth-order valence-corrected chi connectivity index (χ4v) is 2.32. The molecule has 130 valence electrons. The molecule has 0 rings (SSSR count). The average molecular weight is 314 g/mol. The average Bonchev–Trinajstić information content (AvgIpc) is 2.51. The zero-order valence-electron chi connectivity index (χ0n) is 14.2. The molecule has 0 aromatic rings. The normalized spacial score (nSPS) is 11.6. The third-order valence-corrected chi connectivity index (χ3v) is 3.72. The summed E-state index contributed by atoms with van der Waals surface area (Å²) in [5.41, 5.74) is 0.237. The molecule has 0 aliphatic rings. The van der Waals surface area contributed by atoms with Gasteiger partial charge in [0.1, 0.15) is 0 Å². The van der Waals surface area contributed by atoms with Crippen LogP contribution in [0.25, 0.3) is 0 Å². The standard InChI is InChI=1S/C18H34O4/c1-2-3-4-5-6-7-8-9-10-11-15-22-16-17(18(20)21)13-12-14-19/h16,19H,2-15H2,1H3,(H,20,21). The zero-order chi connectivity index (χ0) is 16.5. The number of aliphatic hydroxyl groups is 1. The Kier molecular flexibility index (Phi) is 15.6. The SMILES string of the molecule is CCCCCCCCCCCCOC=C(CCCO)C(=O)O. The monoisotopic (exact) mass is 314 g/mol. The molecule has 0 heterocycles. The molecule has 4 heteroatoms. The van der Waals surface area contributed by atoms with Crippen molar-refractivity contribution in [2.75, 3.05) is 13.2 Å². The molecular formula is C18H34O4. The van der Waals surface area contributed by atoms with Crippen molar-refractivity contribution in [3.8, 4) is 0 Å². The maximum absolute atomic E-state index is 10.9. The van der Waals surface area contributed by atoms with Crippen molar-refractivity contribution in [3.63, 3.8) is 0 Å². The summed E-state index contributed by atoms with van der Waals surface area (Å²) in [6.07, 6.45) is 14.9. The van der Waals surface area contributed by atoms with Gasteiger partial charge >= 0.3 is 5.97 Å². The first kappa shape index (κ1) is 21.0. The Labute approximate surface area is 135 Å². The van der Waals surface area contributed by atoms with Crippen LogP contribution in [0.5, 0.6) is 0 Å². The summed E-state index contributed by atoms with van der Waals surface area (Å²) in [7, 11) is 0. The van der Waals surface area contributed by atoms with Crippen LogP contribution in [0.2, 0.25) is 0 Å². The first-order valence-electron chi connectivity index (χ1n) is 8.87. The van der Waals surface area contributed by atoms with Crippen LogP contribution < -0.4 is 0 Å². The van der Waals surface area contributed by atoms with Gasteiger partial charge < -0.3 is 14.9 Å². The number of carboxylic acids is 1. The van der Waals surface area contributed by atoms with E-state index in [1.54, 1.807) is 0 Å². The molecule has 0 unspecified atom stereocenters. The first-order chi connectivity index (χ1) is 10.7. The lowest BCUT2D eigenvalue weighted by Crippen LogP contribution is -2.03. The van der Waals surface area contributed by atoms with Gasteiger partial charge in [0.15, 0.2) is 0 Å². The Hall–Kier alpha value is -1.03. The minimum absolute atomic E-state index is 0.00304. The predicted molar refractivity (Wildman–Crippen MR) is 89.8 cm³/mol. The van der Waals surface area contributed by atoms with Gasteiger partial charge in [0.2, 0.25) is 0 Å². The Balaban J connectivity index is 3.42. The Bertz CT molecular complexity index is 287. The molecule has 0 bridgehead atoms. The summed E-state index contributed by atoms with van der Waals surface area (Å²) >= 11 is 0. The van der Waals surface area contributed by atoms with Crippen LogP contribution in [-0.4, -0.2) is 29.4 Å². The molecule has 0 aliphatic heterocycles. The van der Waals surface area contributed by atoms with Crippen LogP contribution in [0.1, 0.15) is 84.0 Å². The lowest BCUT2D eigenvalue weighted by Gasteiger charge is -2.04. The Morgan fingerprint density at radius 2 is 1.45 bits per heavy atom. The molecule has 2 N–H and O–H groups in total. The summed E-state index contributed by atoms with van der Waals surface area (Å²) < 4.78 is 5.30. The number of rotatable bonds is 16. The van der Waals surface area contributed by atoms with Crippen molar-refractivity contribution in [3.05, 3.63) is 11.8 Å². The van der Waals surface area contributed by atoms with Crippen LogP contribution in [0.3, 0.4) is 0 Å².